The van der Waals surface area contributed by atoms with E-state index in [0.717, 1.165) is 29.8 Å². The highest BCUT2D eigenvalue weighted by Crippen LogP contribution is 2.18. The van der Waals surface area contributed by atoms with Gasteiger partial charge in [-0.1, -0.05) is 36.8 Å². The quantitative estimate of drug-likeness (QED) is 0.568. The Morgan fingerprint density at radius 1 is 1.23 bits per heavy atom. The highest BCUT2D eigenvalue weighted by molar-refractivity contribution is 7.20. The molecule has 0 saturated heterocycles. The predicted octanol–water partition coefficient (Wildman–Crippen LogP) is 2.90. The van der Waals surface area contributed by atoms with E-state index in [1.165, 1.54) is 15.9 Å². The first-order valence-electron chi connectivity index (χ1n) is 8.45. The molecule has 0 amide bonds. The minimum atomic E-state index is -0.136. The summed E-state index contributed by atoms with van der Waals surface area (Å²) in [6.07, 6.45) is 5.42. The number of aryl methyl sites for hydroxylation is 1. The average Bonchev–Trinajstić information content (AvgIpc) is 3.30. The standard InChI is InChI=1S/C18H18N6OS/c1-2-5-14-11-16(25)24-18(21-14)26-17(22-24)19-12-13-6-3-7-15(10-13)23-9-4-8-20-23/h3-4,6-11H,2,5,12H2,1H3,(H,19,22). The van der Waals surface area contributed by atoms with Crippen LogP contribution in [0.25, 0.3) is 10.6 Å². The third-order valence-corrected chi connectivity index (χ3v) is 4.79. The molecule has 0 radical (unpaired) electrons. The summed E-state index contributed by atoms with van der Waals surface area (Å²) >= 11 is 1.38. The third kappa shape index (κ3) is 3.36. The second-order valence-electron chi connectivity index (χ2n) is 5.91. The molecule has 4 aromatic rings. The smallest absolute Gasteiger partial charge is 0.275 e. The molecule has 0 aliphatic carbocycles. The molecule has 132 valence electrons. The van der Waals surface area contributed by atoms with Crippen LogP contribution in [-0.2, 0) is 13.0 Å². The van der Waals surface area contributed by atoms with E-state index in [1.54, 1.807) is 12.3 Å². The summed E-state index contributed by atoms with van der Waals surface area (Å²) in [5.41, 5.74) is 2.79. The monoisotopic (exact) mass is 366 g/mol. The van der Waals surface area contributed by atoms with E-state index in [-0.39, 0.29) is 5.56 Å². The molecule has 4 rings (SSSR count). The topological polar surface area (TPSA) is 77.1 Å². The van der Waals surface area contributed by atoms with Gasteiger partial charge in [0.1, 0.15) is 0 Å². The number of rotatable bonds is 6. The van der Waals surface area contributed by atoms with Crippen LogP contribution in [0.15, 0.2) is 53.6 Å². The molecule has 0 unspecified atom stereocenters. The number of hydrogen-bond donors (Lipinski definition) is 1. The van der Waals surface area contributed by atoms with Crippen molar-refractivity contribution in [3.63, 3.8) is 0 Å². The van der Waals surface area contributed by atoms with Crippen LogP contribution in [0.2, 0.25) is 0 Å². The van der Waals surface area contributed by atoms with Gasteiger partial charge in [0, 0.05) is 30.7 Å². The fourth-order valence-electron chi connectivity index (χ4n) is 2.72. The van der Waals surface area contributed by atoms with Crippen LogP contribution in [-0.4, -0.2) is 24.4 Å². The highest BCUT2D eigenvalue weighted by atomic mass is 32.1. The van der Waals surface area contributed by atoms with Crippen LogP contribution in [0.5, 0.6) is 0 Å². The fourth-order valence-corrected chi connectivity index (χ4v) is 3.54. The maximum atomic E-state index is 12.2. The first-order chi connectivity index (χ1) is 12.7. The van der Waals surface area contributed by atoms with Gasteiger partial charge in [-0.15, -0.1) is 5.10 Å². The van der Waals surface area contributed by atoms with Crippen molar-refractivity contribution in [3.8, 4) is 5.69 Å². The number of aromatic nitrogens is 5. The second-order valence-corrected chi connectivity index (χ2v) is 6.87. The molecule has 0 fully saturated rings. The van der Waals surface area contributed by atoms with Crippen molar-refractivity contribution in [1.29, 1.82) is 0 Å². The molecule has 7 nitrogen and oxygen atoms in total. The van der Waals surface area contributed by atoms with E-state index < -0.39 is 0 Å². The van der Waals surface area contributed by atoms with Gasteiger partial charge in [-0.2, -0.15) is 9.61 Å². The van der Waals surface area contributed by atoms with E-state index in [2.05, 4.69) is 33.5 Å². The first kappa shape index (κ1) is 16.5. The lowest BCUT2D eigenvalue weighted by Gasteiger charge is -2.06. The lowest BCUT2D eigenvalue weighted by Crippen LogP contribution is -2.15. The minimum absolute atomic E-state index is 0.136. The lowest BCUT2D eigenvalue weighted by atomic mass is 10.2. The van der Waals surface area contributed by atoms with Crippen LogP contribution in [0.4, 0.5) is 5.13 Å². The Hall–Kier alpha value is -3.00. The van der Waals surface area contributed by atoms with Crippen LogP contribution in [0.1, 0.15) is 24.6 Å². The number of nitrogens with zero attached hydrogens (tertiary/aromatic N) is 5. The molecule has 3 aromatic heterocycles. The summed E-state index contributed by atoms with van der Waals surface area (Å²) in [5, 5.41) is 12.5. The molecule has 1 aromatic carbocycles. The Balaban J connectivity index is 1.54. The molecule has 26 heavy (non-hydrogen) atoms. The van der Waals surface area contributed by atoms with Crippen molar-refractivity contribution < 1.29 is 0 Å². The molecule has 0 aliphatic heterocycles. The van der Waals surface area contributed by atoms with Crippen molar-refractivity contribution in [1.82, 2.24) is 24.4 Å². The molecular formula is C18H18N6OS. The normalized spacial score (nSPS) is 11.1. The number of nitrogens with one attached hydrogen (secondary N) is 1. The van der Waals surface area contributed by atoms with Gasteiger partial charge in [0.2, 0.25) is 10.1 Å². The van der Waals surface area contributed by atoms with Crippen LogP contribution in [0, 0.1) is 0 Å². The second kappa shape index (κ2) is 7.09. The Bertz CT molecular complexity index is 1080. The van der Waals surface area contributed by atoms with Crippen molar-refractivity contribution in [2.75, 3.05) is 5.32 Å². The Morgan fingerprint density at radius 3 is 2.96 bits per heavy atom. The first-order valence-corrected chi connectivity index (χ1v) is 9.27. The van der Waals surface area contributed by atoms with Gasteiger partial charge in [0.15, 0.2) is 0 Å². The van der Waals surface area contributed by atoms with E-state index in [0.29, 0.717) is 16.6 Å². The fraction of sp³-hybridized carbons (Fsp3) is 0.222. The van der Waals surface area contributed by atoms with E-state index in [4.69, 9.17) is 0 Å². The summed E-state index contributed by atoms with van der Waals surface area (Å²) in [6.45, 7) is 2.67. The van der Waals surface area contributed by atoms with Gasteiger partial charge in [0.05, 0.1) is 5.69 Å². The number of hydrogen-bond acceptors (Lipinski definition) is 6. The number of anilines is 1. The van der Waals surface area contributed by atoms with Gasteiger partial charge in [-0.05, 0) is 30.2 Å². The molecule has 3 heterocycles. The summed E-state index contributed by atoms with van der Waals surface area (Å²) in [5.74, 6) is 0. The maximum Gasteiger partial charge on any atom is 0.275 e. The summed E-state index contributed by atoms with van der Waals surface area (Å²) in [7, 11) is 0. The van der Waals surface area contributed by atoms with Crippen molar-refractivity contribution in [3.05, 3.63) is 70.4 Å². The minimum Gasteiger partial charge on any atom is -0.356 e. The Morgan fingerprint density at radius 2 is 2.15 bits per heavy atom. The summed E-state index contributed by atoms with van der Waals surface area (Å²) < 4.78 is 3.17. The average molecular weight is 366 g/mol. The zero-order valence-corrected chi connectivity index (χ0v) is 15.1. The van der Waals surface area contributed by atoms with Crippen LogP contribution >= 0.6 is 11.3 Å². The molecule has 0 saturated carbocycles. The predicted molar refractivity (Wildman–Crippen MR) is 102 cm³/mol. The molecule has 0 spiro atoms. The van der Waals surface area contributed by atoms with E-state index in [1.807, 2.05) is 35.1 Å². The molecule has 0 bridgehead atoms. The zero-order valence-electron chi connectivity index (χ0n) is 14.3. The van der Waals surface area contributed by atoms with Crippen molar-refractivity contribution >= 4 is 21.4 Å². The van der Waals surface area contributed by atoms with Gasteiger partial charge in [-0.25, -0.2) is 9.67 Å². The Labute approximate surface area is 154 Å². The van der Waals surface area contributed by atoms with Crippen molar-refractivity contribution in [2.24, 2.45) is 0 Å². The van der Waals surface area contributed by atoms with E-state index >= 15 is 0 Å². The van der Waals surface area contributed by atoms with Gasteiger partial charge in [-0.3, -0.25) is 4.79 Å². The molecule has 0 aliphatic rings. The third-order valence-electron chi connectivity index (χ3n) is 3.93. The van der Waals surface area contributed by atoms with Gasteiger partial charge < -0.3 is 5.32 Å². The van der Waals surface area contributed by atoms with Gasteiger partial charge >= 0.3 is 0 Å². The molecular weight excluding hydrogens is 348 g/mol. The number of benzene rings is 1. The largest absolute Gasteiger partial charge is 0.356 e. The zero-order chi connectivity index (χ0) is 17.9. The molecule has 8 heteroatoms. The lowest BCUT2D eigenvalue weighted by molar-refractivity contribution is 0.839. The highest BCUT2D eigenvalue weighted by Gasteiger charge is 2.09. The SMILES string of the molecule is CCCc1cc(=O)n2nc(NCc3cccc(-n4cccn4)c3)sc2n1. The maximum absolute atomic E-state index is 12.2. The number of fused-ring (bicyclic) bond motifs is 1. The Kier molecular flexibility index (Phi) is 4.49. The van der Waals surface area contributed by atoms with Crippen LogP contribution in [0.3, 0.4) is 0 Å². The molecule has 0 atom stereocenters. The summed E-state index contributed by atoms with van der Waals surface area (Å²) in [4.78, 5) is 17.3. The summed E-state index contributed by atoms with van der Waals surface area (Å²) in [6, 6.07) is 11.6. The van der Waals surface area contributed by atoms with E-state index in [9.17, 15) is 4.79 Å². The van der Waals surface area contributed by atoms with Gasteiger partial charge in [0.25, 0.3) is 5.56 Å². The van der Waals surface area contributed by atoms with Crippen molar-refractivity contribution in [2.45, 2.75) is 26.3 Å². The van der Waals surface area contributed by atoms with Crippen LogP contribution < -0.4 is 10.9 Å². The molecule has 1 N–H and O–H groups in total.